The molecule has 22 heavy (non-hydrogen) atoms. The Hall–Kier alpha value is -1.84. The molecule has 1 aliphatic rings. The van der Waals surface area contributed by atoms with Gasteiger partial charge in [0.15, 0.2) is 0 Å². The number of halogens is 1. The molecular weight excluding hydrogens is 298 g/mol. The third-order valence-electron chi connectivity index (χ3n) is 4.25. The van der Waals surface area contributed by atoms with E-state index in [9.17, 15) is 4.79 Å². The summed E-state index contributed by atoms with van der Waals surface area (Å²) in [6, 6.07) is 15.6. The van der Waals surface area contributed by atoms with Gasteiger partial charge >= 0.3 is 5.97 Å². The normalized spacial score (nSPS) is 20.4. The molecule has 2 aromatic rings. The van der Waals surface area contributed by atoms with E-state index in [0.717, 1.165) is 23.4 Å². The second kappa shape index (κ2) is 6.51. The van der Waals surface area contributed by atoms with Crippen molar-refractivity contribution in [1.29, 1.82) is 0 Å². The Morgan fingerprint density at radius 3 is 2.68 bits per heavy atom. The smallest absolute Gasteiger partial charge is 0.335 e. The third kappa shape index (κ3) is 3.32. The Morgan fingerprint density at radius 1 is 1.18 bits per heavy atom. The van der Waals surface area contributed by atoms with Crippen LogP contribution in [0.2, 0.25) is 5.02 Å². The molecule has 0 unspecified atom stereocenters. The fraction of sp³-hybridized carbons (Fsp3) is 0.278. The summed E-state index contributed by atoms with van der Waals surface area (Å²) in [6.45, 7) is 0.695. The molecule has 0 amide bonds. The predicted octanol–water partition coefficient (Wildman–Crippen LogP) is 4.07. The van der Waals surface area contributed by atoms with Crippen LogP contribution in [0.25, 0.3) is 0 Å². The summed E-state index contributed by atoms with van der Waals surface area (Å²) in [5.74, 6) is -0.360. The average Bonchev–Trinajstić information content (AvgIpc) is 2.47. The van der Waals surface area contributed by atoms with Crippen LogP contribution in [0.5, 0.6) is 0 Å². The molecule has 0 spiro atoms. The van der Waals surface area contributed by atoms with Crippen molar-refractivity contribution in [3.63, 3.8) is 0 Å². The average molecular weight is 316 g/mol. The number of hydrogen-bond donors (Lipinski definition) is 2. The summed E-state index contributed by atoms with van der Waals surface area (Å²) in [6.07, 6.45) is 2.14. The second-order valence-electron chi connectivity index (χ2n) is 5.77. The molecule has 4 heteroatoms. The van der Waals surface area contributed by atoms with Crippen molar-refractivity contribution in [2.24, 2.45) is 0 Å². The fourth-order valence-electron chi connectivity index (χ4n) is 2.92. The molecule has 1 fully saturated rings. The van der Waals surface area contributed by atoms with Gasteiger partial charge in [-0.25, -0.2) is 4.79 Å². The minimum absolute atomic E-state index is 0.335. The molecule has 1 aliphatic carbocycles. The SMILES string of the molecule is O=C(O)c1cccc(CNC2CC(c3ccccc3Cl)C2)c1. The minimum atomic E-state index is -0.885. The quantitative estimate of drug-likeness (QED) is 0.874. The molecule has 0 aromatic heterocycles. The van der Waals surface area contributed by atoms with E-state index in [1.807, 2.05) is 24.3 Å². The first-order valence-electron chi connectivity index (χ1n) is 7.43. The van der Waals surface area contributed by atoms with Gasteiger partial charge in [-0.15, -0.1) is 0 Å². The van der Waals surface area contributed by atoms with E-state index in [0.29, 0.717) is 24.1 Å². The lowest BCUT2D eigenvalue weighted by Crippen LogP contribution is -2.39. The van der Waals surface area contributed by atoms with Crippen LogP contribution >= 0.6 is 11.6 Å². The molecule has 0 saturated heterocycles. The van der Waals surface area contributed by atoms with Crippen LogP contribution in [-0.4, -0.2) is 17.1 Å². The van der Waals surface area contributed by atoms with Gasteiger partial charge in [-0.05, 0) is 48.1 Å². The predicted molar refractivity (Wildman–Crippen MR) is 87.5 cm³/mol. The van der Waals surface area contributed by atoms with Crippen molar-refractivity contribution in [2.75, 3.05) is 0 Å². The maximum Gasteiger partial charge on any atom is 0.335 e. The van der Waals surface area contributed by atoms with Gasteiger partial charge in [0.2, 0.25) is 0 Å². The number of benzene rings is 2. The highest BCUT2D eigenvalue weighted by atomic mass is 35.5. The van der Waals surface area contributed by atoms with Gasteiger partial charge in [0.1, 0.15) is 0 Å². The number of hydrogen-bond acceptors (Lipinski definition) is 2. The number of rotatable bonds is 5. The zero-order chi connectivity index (χ0) is 15.5. The van der Waals surface area contributed by atoms with E-state index in [2.05, 4.69) is 11.4 Å². The monoisotopic (exact) mass is 315 g/mol. The molecule has 0 atom stereocenters. The molecule has 3 rings (SSSR count). The number of aromatic carboxylic acids is 1. The molecular formula is C18H18ClNO2. The molecule has 2 aromatic carbocycles. The van der Waals surface area contributed by atoms with Crippen LogP contribution in [0.1, 0.15) is 40.2 Å². The minimum Gasteiger partial charge on any atom is -0.478 e. The van der Waals surface area contributed by atoms with Gasteiger partial charge in [0.25, 0.3) is 0 Å². The number of carboxylic acids is 1. The van der Waals surface area contributed by atoms with E-state index in [1.165, 1.54) is 5.56 Å². The number of carboxylic acid groups (broad SMARTS) is 1. The van der Waals surface area contributed by atoms with Gasteiger partial charge in [-0.3, -0.25) is 0 Å². The van der Waals surface area contributed by atoms with Crippen molar-refractivity contribution in [1.82, 2.24) is 5.32 Å². The van der Waals surface area contributed by atoms with Crippen LogP contribution < -0.4 is 5.32 Å². The van der Waals surface area contributed by atoms with Crippen LogP contribution in [0.15, 0.2) is 48.5 Å². The fourth-order valence-corrected chi connectivity index (χ4v) is 3.21. The molecule has 1 saturated carbocycles. The van der Waals surface area contributed by atoms with E-state index in [-0.39, 0.29) is 0 Å². The van der Waals surface area contributed by atoms with Crippen LogP contribution in [0.3, 0.4) is 0 Å². The molecule has 114 valence electrons. The molecule has 0 aliphatic heterocycles. The molecule has 2 N–H and O–H groups in total. The van der Waals surface area contributed by atoms with Gasteiger partial charge in [-0.1, -0.05) is 41.9 Å². The maximum atomic E-state index is 11.0. The van der Waals surface area contributed by atoms with Crippen molar-refractivity contribution < 1.29 is 9.90 Å². The number of nitrogens with one attached hydrogen (secondary N) is 1. The summed E-state index contributed by atoms with van der Waals surface area (Å²) in [5, 5.41) is 13.3. The highest BCUT2D eigenvalue weighted by Crippen LogP contribution is 2.39. The highest BCUT2D eigenvalue weighted by molar-refractivity contribution is 6.31. The largest absolute Gasteiger partial charge is 0.478 e. The van der Waals surface area contributed by atoms with E-state index in [1.54, 1.807) is 18.2 Å². The Bertz CT molecular complexity index is 680. The van der Waals surface area contributed by atoms with Gasteiger partial charge in [-0.2, -0.15) is 0 Å². The molecule has 3 nitrogen and oxygen atoms in total. The van der Waals surface area contributed by atoms with Gasteiger partial charge in [0.05, 0.1) is 5.56 Å². The third-order valence-corrected chi connectivity index (χ3v) is 4.60. The van der Waals surface area contributed by atoms with E-state index < -0.39 is 5.97 Å². The summed E-state index contributed by atoms with van der Waals surface area (Å²) in [4.78, 5) is 11.0. The lowest BCUT2D eigenvalue weighted by atomic mass is 9.76. The Labute approximate surface area is 134 Å². The second-order valence-corrected chi connectivity index (χ2v) is 6.18. The Kier molecular flexibility index (Phi) is 4.46. The van der Waals surface area contributed by atoms with E-state index >= 15 is 0 Å². The summed E-state index contributed by atoms with van der Waals surface area (Å²) in [5.41, 5.74) is 2.57. The van der Waals surface area contributed by atoms with Gasteiger partial charge < -0.3 is 10.4 Å². The van der Waals surface area contributed by atoms with E-state index in [4.69, 9.17) is 16.7 Å². The maximum absolute atomic E-state index is 11.0. The van der Waals surface area contributed by atoms with Gasteiger partial charge in [0, 0.05) is 17.6 Å². The number of carbonyl (C=O) groups is 1. The standard InChI is InChI=1S/C18H18ClNO2/c19-17-7-2-1-6-16(17)14-9-15(10-14)20-11-12-4-3-5-13(8-12)18(21)22/h1-8,14-15,20H,9-11H2,(H,21,22). The zero-order valence-corrected chi connectivity index (χ0v) is 12.9. The first-order valence-corrected chi connectivity index (χ1v) is 7.81. The molecule has 0 bridgehead atoms. The van der Waals surface area contributed by atoms with Crippen LogP contribution in [0.4, 0.5) is 0 Å². The first-order chi connectivity index (χ1) is 10.6. The highest BCUT2D eigenvalue weighted by Gasteiger charge is 2.30. The van der Waals surface area contributed by atoms with Crippen molar-refractivity contribution in [3.05, 3.63) is 70.2 Å². The lowest BCUT2D eigenvalue weighted by molar-refractivity contribution is 0.0696. The van der Waals surface area contributed by atoms with Crippen LogP contribution in [-0.2, 0) is 6.54 Å². The zero-order valence-electron chi connectivity index (χ0n) is 12.1. The Morgan fingerprint density at radius 2 is 1.95 bits per heavy atom. The van der Waals surface area contributed by atoms with Crippen LogP contribution in [0, 0.1) is 0 Å². The summed E-state index contributed by atoms with van der Waals surface area (Å²) in [7, 11) is 0. The Balaban J connectivity index is 1.52. The summed E-state index contributed by atoms with van der Waals surface area (Å²) < 4.78 is 0. The summed E-state index contributed by atoms with van der Waals surface area (Å²) >= 11 is 6.22. The van der Waals surface area contributed by atoms with Crippen molar-refractivity contribution >= 4 is 17.6 Å². The first kappa shape index (κ1) is 15.1. The topological polar surface area (TPSA) is 49.3 Å². The van der Waals surface area contributed by atoms with Crippen molar-refractivity contribution in [3.8, 4) is 0 Å². The lowest BCUT2D eigenvalue weighted by Gasteiger charge is -2.37. The van der Waals surface area contributed by atoms with Crippen molar-refractivity contribution in [2.45, 2.75) is 31.3 Å². The molecule has 0 radical (unpaired) electrons. The molecule has 0 heterocycles.